The molecule has 8 nitrogen and oxygen atoms in total. The van der Waals surface area contributed by atoms with Gasteiger partial charge in [-0.15, -0.1) is 0 Å². The van der Waals surface area contributed by atoms with Crippen molar-refractivity contribution < 1.29 is 18.7 Å². The lowest BCUT2D eigenvalue weighted by atomic mass is 10.2. The third kappa shape index (κ3) is 3.91. The first-order chi connectivity index (χ1) is 14.9. The first kappa shape index (κ1) is 20.7. The number of methoxy groups -OCH3 is 2. The summed E-state index contributed by atoms with van der Waals surface area (Å²) >= 11 is 5.97. The number of H-pyrrole nitrogens is 1. The van der Waals surface area contributed by atoms with E-state index in [1.54, 1.807) is 12.1 Å². The lowest BCUT2D eigenvalue weighted by Crippen LogP contribution is -2.32. The van der Waals surface area contributed by atoms with E-state index in [4.69, 9.17) is 21.1 Å². The summed E-state index contributed by atoms with van der Waals surface area (Å²) in [4.78, 5) is 32.6. The molecule has 10 heteroatoms. The van der Waals surface area contributed by atoms with E-state index >= 15 is 0 Å². The minimum atomic E-state index is -0.459. The number of halogens is 2. The predicted molar refractivity (Wildman–Crippen MR) is 114 cm³/mol. The van der Waals surface area contributed by atoms with Crippen molar-refractivity contribution in [2.24, 2.45) is 0 Å². The van der Waals surface area contributed by atoms with Crippen molar-refractivity contribution in [3.63, 3.8) is 0 Å². The molecule has 1 amide bonds. The largest absolute Gasteiger partial charge is 0.493 e. The highest BCUT2D eigenvalue weighted by atomic mass is 35.5. The van der Waals surface area contributed by atoms with Crippen LogP contribution in [0.2, 0.25) is 5.02 Å². The Hall–Kier alpha value is -3.59. The molecule has 0 unspecified atom stereocenters. The lowest BCUT2D eigenvalue weighted by Gasteiger charge is -2.08. The van der Waals surface area contributed by atoms with Crippen molar-refractivity contribution in [2.75, 3.05) is 14.2 Å². The Morgan fingerprint density at radius 2 is 1.97 bits per heavy atom. The van der Waals surface area contributed by atoms with Crippen molar-refractivity contribution in [1.82, 2.24) is 19.9 Å². The smallest absolute Gasteiger partial charge is 0.278 e. The standard InChI is InChI=1S/C21H18ClFN4O4/c1-30-16-6-13-15(7-17(16)31-2)26-20-19(13)25-10-27(21(20)29)9-18(28)24-8-11-3-4-12(23)5-14(11)22/h3-7,10,26H,8-9H2,1-2H3,(H,24,28). The summed E-state index contributed by atoms with van der Waals surface area (Å²) in [5.41, 5.74) is 1.56. The fourth-order valence-electron chi connectivity index (χ4n) is 3.30. The second-order valence-electron chi connectivity index (χ2n) is 6.79. The number of carbonyl (C=O) groups is 1. The summed E-state index contributed by atoms with van der Waals surface area (Å²) in [6.07, 6.45) is 1.32. The molecule has 31 heavy (non-hydrogen) atoms. The van der Waals surface area contributed by atoms with Gasteiger partial charge in [-0.25, -0.2) is 9.37 Å². The lowest BCUT2D eigenvalue weighted by molar-refractivity contribution is -0.121. The maximum atomic E-state index is 13.1. The Bertz CT molecular complexity index is 1370. The molecular formula is C21H18ClFN4O4. The van der Waals surface area contributed by atoms with E-state index < -0.39 is 17.3 Å². The number of benzene rings is 2. The Morgan fingerprint density at radius 3 is 2.68 bits per heavy atom. The number of carbonyl (C=O) groups excluding carboxylic acids is 1. The highest BCUT2D eigenvalue weighted by Gasteiger charge is 2.16. The summed E-state index contributed by atoms with van der Waals surface area (Å²) < 4.78 is 24.9. The number of amides is 1. The number of hydrogen-bond acceptors (Lipinski definition) is 5. The van der Waals surface area contributed by atoms with Gasteiger partial charge in [0.25, 0.3) is 5.56 Å². The van der Waals surface area contributed by atoms with Crippen LogP contribution in [0.1, 0.15) is 5.56 Å². The van der Waals surface area contributed by atoms with E-state index in [0.29, 0.717) is 33.5 Å². The second-order valence-corrected chi connectivity index (χ2v) is 7.20. The number of nitrogens with one attached hydrogen (secondary N) is 2. The minimum absolute atomic E-state index is 0.106. The fraction of sp³-hybridized carbons (Fsp3) is 0.190. The first-order valence-electron chi connectivity index (χ1n) is 9.24. The van der Waals surface area contributed by atoms with Crippen molar-refractivity contribution in [2.45, 2.75) is 13.1 Å². The van der Waals surface area contributed by atoms with Gasteiger partial charge in [-0.1, -0.05) is 17.7 Å². The molecule has 0 spiro atoms. The normalized spacial score (nSPS) is 11.1. The van der Waals surface area contributed by atoms with Crippen molar-refractivity contribution in [3.8, 4) is 11.5 Å². The molecule has 0 aliphatic carbocycles. The van der Waals surface area contributed by atoms with E-state index in [2.05, 4.69) is 15.3 Å². The summed E-state index contributed by atoms with van der Waals surface area (Å²) in [6.45, 7) is -0.128. The highest BCUT2D eigenvalue weighted by Crippen LogP contribution is 2.34. The van der Waals surface area contributed by atoms with Gasteiger partial charge in [0, 0.05) is 23.0 Å². The number of ether oxygens (including phenoxy) is 2. The van der Waals surface area contributed by atoms with Crippen LogP contribution in [0.4, 0.5) is 4.39 Å². The van der Waals surface area contributed by atoms with Crippen LogP contribution in [0.15, 0.2) is 41.5 Å². The SMILES string of the molecule is COc1cc2[nH]c3c(=O)n(CC(=O)NCc4ccc(F)cc4Cl)cnc3c2cc1OC. The zero-order chi connectivity index (χ0) is 22.1. The van der Waals surface area contributed by atoms with Gasteiger partial charge in [0.05, 0.1) is 26.1 Å². The third-order valence-electron chi connectivity index (χ3n) is 4.88. The summed E-state index contributed by atoms with van der Waals surface area (Å²) in [5, 5.41) is 3.58. The number of aromatic nitrogens is 3. The van der Waals surface area contributed by atoms with E-state index in [0.717, 1.165) is 0 Å². The highest BCUT2D eigenvalue weighted by molar-refractivity contribution is 6.31. The molecule has 0 fully saturated rings. The molecule has 0 saturated heterocycles. The average molecular weight is 445 g/mol. The Morgan fingerprint density at radius 1 is 1.23 bits per heavy atom. The minimum Gasteiger partial charge on any atom is -0.493 e. The molecule has 0 saturated carbocycles. The maximum Gasteiger partial charge on any atom is 0.278 e. The number of aromatic amines is 1. The molecule has 0 atom stereocenters. The van der Waals surface area contributed by atoms with Gasteiger partial charge >= 0.3 is 0 Å². The molecule has 2 heterocycles. The Labute approximate surface area is 180 Å². The zero-order valence-corrected chi connectivity index (χ0v) is 17.4. The molecule has 4 aromatic rings. The van der Waals surface area contributed by atoms with Crippen LogP contribution in [0.3, 0.4) is 0 Å². The quantitative estimate of drug-likeness (QED) is 0.476. The second kappa shape index (κ2) is 8.27. The van der Waals surface area contributed by atoms with E-state index in [9.17, 15) is 14.0 Å². The van der Waals surface area contributed by atoms with Crippen LogP contribution >= 0.6 is 11.6 Å². The fourth-order valence-corrected chi connectivity index (χ4v) is 3.54. The zero-order valence-electron chi connectivity index (χ0n) is 16.7. The topological polar surface area (TPSA) is 98.2 Å². The summed E-state index contributed by atoms with van der Waals surface area (Å²) in [6, 6.07) is 7.38. The summed E-state index contributed by atoms with van der Waals surface area (Å²) in [5.74, 6) is 0.157. The van der Waals surface area contributed by atoms with Gasteiger partial charge in [-0.05, 0) is 23.8 Å². The molecule has 0 radical (unpaired) electrons. The number of hydrogen-bond donors (Lipinski definition) is 2. The monoisotopic (exact) mass is 444 g/mol. The molecule has 2 aromatic heterocycles. The molecule has 2 N–H and O–H groups in total. The van der Waals surface area contributed by atoms with Gasteiger partial charge in [-0.3, -0.25) is 14.2 Å². The van der Waals surface area contributed by atoms with Gasteiger partial charge in [0.15, 0.2) is 11.5 Å². The molecule has 160 valence electrons. The predicted octanol–water partition coefficient (Wildman–Crippen LogP) is 3.00. The molecular weight excluding hydrogens is 427 g/mol. The van der Waals surface area contributed by atoms with Crippen molar-refractivity contribution >= 4 is 39.4 Å². The van der Waals surface area contributed by atoms with Crippen LogP contribution in [-0.4, -0.2) is 34.7 Å². The maximum absolute atomic E-state index is 13.1. The molecule has 4 rings (SSSR count). The molecule has 2 aromatic carbocycles. The van der Waals surface area contributed by atoms with E-state index in [-0.39, 0.29) is 23.6 Å². The van der Waals surface area contributed by atoms with E-state index in [1.165, 1.54) is 43.3 Å². The van der Waals surface area contributed by atoms with Crippen LogP contribution in [-0.2, 0) is 17.9 Å². The Balaban J connectivity index is 1.59. The van der Waals surface area contributed by atoms with Gasteiger partial charge in [-0.2, -0.15) is 0 Å². The van der Waals surface area contributed by atoms with Crippen molar-refractivity contribution in [3.05, 3.63) is 63.4 Å². The van der Waals surface area contributed by atoms with Crippen LogP contribution < -0.4 is 20.3 Å². The van der Waals surface area contributed by atoms with Crippen molar-refractivity contribution in [1.29, 1.82) is 0 Å². The molecule has 0 aliphatic rings. The molecule has 0 aliphatic heterocycles. The number of fused-ring (bicyclic) bond motifs is 3. The van der Waals surface area contributed by atoms with Crippen LogP contribution in [0.5, 0.6) is 11.5 Å². The molecule has 0 bridgehead atoms. The van der Waals surface area contributed by atoms with Crippen LogP contribution in [0, 0.1) is 5.82 Å². The number of nitrogens with zero attached hydrogens (tertiary/aromatic N) is 2. The van der Waals surface area contributed by atoms with Gasteiger partial charge in [0.2, 0.25) is 5.91 Å². The third-order valence-corrected chi connectivity index (χ3v) is 5.23. The van der Waals surface area contributed by atoms with E-state index in [1.807, 2.05) is 0 Å². The number of rotatable bonds is 6. The van der Waals surface area contributed by atoms with Gasteiger partial charge in [0.1, 0.15) is 23.4 Å². The van der Waals surface area contributed by atoms with Crippen LogP contribution in [0.25, 0.3) is 21.9 Å². The Kier molecular flexibility index (Phi) is 5.51. The summed E-state index contributed by atoms with van der Waals surface area (Å²) in [7, 11) is 3.05. The average Bonchev–Trinajstić information content (AvgIpc) is 3.12. The van der Waals surface area contributed by atoms with Gasteiger partial charge < -0.3 is 19.8 Å². The first-order valence-corrected chi connectivity index (χ1v) is 9.62.